The maximum absolute atomic E-state index is 14.3. The second kappa shape index (κ2) is 18.6. The molecule has 15 nitrogen and oxygen atoms in total. The number of likely N-dealkylation sites (tertiary alicyclic amines) is 1. The average molecular weight is 761 g/mol. The zero-order valence-electron chi connectivity index (χ0n) is 32.3. The Morgan fingerprint density at radius 2 is 1.56 bits per heavy atom. The number of aromatic nitrogens is 2. The molecule has 3 aliphatic rings. The van der Waals surface area contributed by atoms with Crippen LogP contribution in [0.15, 0.2) is 48.9 Å². The molecular weight excluding hydrogens is 704 g/mol. The van der Waals surface area contributed by atoms with Gasteiger partial charge in [-0.1, -0.05) is 71.6 Å². The van der Waals surface area contributed by atoms with Crippen LogP contribution < -0.4 is 26.6 Å². The fourth-order valence-corrected chi connectivity index (χ4v) is 7.42. The van der Waals surface area contributed by atoms with Gasteiger partial charge in [-0.05, 0) is 55.6 Å². The monoisotopic (exact) mass is 760 g/mol. The second-order valence-electron chi connectivity index (χ2n) is 16.2. The molecule has 0 bridgehead atoms. The molecule has 2 aliphatic carbocycles. The minimum absolute atomic E-state index is 0.00436. The predicted molar refractivity (Wildman–Crippen MR) is 203 cm³/mol. The van der Waals surface area contributed by atoms with Crippen LogP contribution in [0.25, 0.3) is 0 Å². The molecule has 15 heteroatoms. The van der Waals surface area contributed by atoms with Gasteiger partial charge in [-0.2, -0.15) is 0 Å². The summed E-state index contributed by atoms with van der Waals surface area (Å²) >= 11 is 0. The van der Waals surface area contributed by atoms with Crippen molar-refractivity contribution in [1.29, 1.82) is 0 Å². The number of hydrogen-bond donors (Lipinski definition) is 6. The quantitative estimate of drug-likeness (QED) is 0.156. The van der Waals surface area contributed by atoms with Crippen LogP contribution in [0, 0.1) is 17.3 Å². The minimum Gasteiger partial charge on any atom is -0.381 e. The highest BCUT2D eigenvalue weighted by atomic mass is 16.3. The van der Waals surface area contributed by atoms with Gasteiger partial charge < -0.3 is 36.6 Å². The van der Waals surface area contributed by atoms with Crippen LogP contribution >= 0.6 is 0 Å². The summed E-state index contributed by atoms with van der Waals surface area (Å²) in [6, 6.07) is 4.85. The summed E-state index contributed by atoms with van der Waals surface area (Å²) in [5, 5.41) is 25.3. The number of aliphatic hydroxyl groups is 1. The Hall–Kier alpha value is -4.92. The lowest BCUT2D eigenvalue weighted by Crippen LogP contribution is -2.61. The van der Waals surface area contributed by atoms with Gasteiger partial charge in [-0.3, -0.25) is 33.8 Å². The maximum atomic E-state index is 14.3. The predicted octanol–water partition coefficient (Wildman–Crippen LogP) is 1.87. The lowest BCUT2D eigenvalue weighted by molar-refractivity contribution is -0.135. The molecule has 5 rings (SSSR count). The number of rotatable bonds is 15. The van der Waals surface area contributed by atoms with Crippen LogP contribution in [-0.4, -0.2) is 105 Å². The normalized spacial score (nSPS) is 21.0. The average Bonchev–Trinajstić information content (AvgIpc) is 3.90. The van der Waals surface area contributed by atoms with Crippen molar-refractivity contribution in [2.45, 2.75) is 122 Å². The molecule has 0 radical (unpaired) electrons. The molecular formula is C40H56N8O7. The highest BCUT2D eigenvalue weighted by molar-refractivity contribution is 5.98. The van der Waals surface area contributed by atoms with Crippen LogP contribution in [0.1, 0.15) is 106 Å². The first-order valence-corrected chi connectivity index (χ1v) is 19.6. The fourth-order valence-electron chi connectivity index (χ4n) is 7.42. The van der Waals surface area contributed by atoms with Gasteiger partial charge in [0.15, 0.2) is 6.10 Å². The third-order valence-corrected chi connectivity index (χ3v) is 10.7. The molecule has 55 heavy (non-hydrogen) atoms. The van der Waals surface area contributed by atoms with E-state index in [-0.39, 0.29) is 36.7 Å². The summed E-state index contributed by atoms with van der Waals surface area (Å²) in [5.41, 5.74) is -0.326. The van der Waals surface area contributed by atoms with Crippen LogP contribution in [0.5, 0.6) is 0 Å². The van der Waals surface area contributed by atoms with Crippen molar-refractivity contribution in [2.24, 2.45) is 17.3 Å². The highest BCUT2D eigenvalue weighted by Crippen LogP contribution is 2.29. The van der Waals surface area contributed by atoms with Gasteiger partial charge in [0.1, 0.15) is 17.8 Å². The van der Waals surface area contributed by atoms with E-state index in [1.54, 1.807) is 51.1 Å². The summed E-state index contributed by atoms with van der Waals surface area (Å²) in [7, 11) is 0. The molecule has 0 spiro atoms. The molecule has 1 saturated heterocycles. The first-order chi connectivity index (χ1) is 26.3. The van der Waals surface area contributed by atoms with Crippen molar-refractivity contribution in [2.75, 3.05) is 13.1 Å². The van der Waals surface area contributed by atoms with Crippen molar-refractivity contribution < 1.29 is 33.9 Å². The third-order valence-electron chi connectivity index (χ3n) is 10.7. The van der Waals surface area contributed by atoms with E-state index in [2.05, 4.69) is 36.6 Å². The zero-order chi connectivity index (χ0) is 39.7. The summed E-state index contributed by atoms with van der Waals surface area (Å²) in [6.45, 7) is 7.27. The number of nitrogens with one attached hydrogen (secondary N) is 5. The van der Waals surface area contributed by atoms with Gasteiger partial charge in [0, 0.05) is 37.1 Å². The summed E-state index contributed by atoms with van der Waals surface area (Å²) in [4.78, 5) is 91.6. The minimum atomic E-state index is -1.48. The highest BCUT2D eigenvalue weighted by Gasteiger charge is 2.45. The van der Waals surface area contributed by atoms with E-state index >= 15 is 0 Å². The standard InChI is InChI=1S/C40H56N8O7/c1-5-12-28(32(49)37(53)43-26-17-18-26)44-34(50)27-22-48(39(55)25-15-10-7-11-16-25)23-30(27)45-38(54)33(40(2,3)4)47-36(52)31(24-13-8-6-9-14-24)46-35(51)29-21-41-19-20-42-29/h7,10-11,15-16,19-21,24,26-28,30-33,49H,5-6,8-9,12-14,17-18,22-23H2,1-4H3,(H,43,53)(H,44,50)(H,45,54)(H,46,51)(H,47,52)/t27?,28-,30?,31-,32?,33?/m0/s1. The number of aliphatic hydroxyl groups excluding tert-OH is 1. The van der Waals surface area contributed by atoms with Gasteiger partial charge in [-0.15, -0.1) is 0 Å². The van der Waals surface area contributed by atoms with Gasteiger partial charge in [0.05, 0.1) is 24.2 Å². The Morgan fingerprint density at radius 3 is 2.18 bits per heavy atom. The molecule has 6 amide bonds. The largest absolute Gasteiger partial charge is 0.381 e. The second-order valence-corrected chi connectivity index (χ2v) is 16.2. The molecule has 2 heterocycles. The Labute approximate surface area is 322 Å². The lowest BCUT2D eigenvalue weighted by atomic mass is 9.82. The van der Waals surface area contributed by atoms with E-state index in [9.17, 15) is 33.9 Å². The zero-order valence-corrected chi connectivity index (χ0v) is 32.3. The summed E-state index contributed by atoms with van der Waals surface area (Å²) < 4.78 is 0. The molecule has 6 atom stereocenters. The third kappa shape index (κ3) is 11.1. The smallest absolute Gasteiger partial charge is 0.272 e. The number of nitrogens with zero attached hydrogens (tertiary/aromatic N) is 3. The molecule has 6 N–H and O–H groups in total. The van der Waals surface area contributed by atoms with E-state index in [0.29, 0.717) is 18.4 Å². The SMILES string of the molecule is CCC[C@H](NC(=O)C1CN(C(=O)c2ccccc2)CC1NC(=O)C(NC(=O)[C@@H](NC(=O)c1cnccn1)C1CCCCC1)C(C)(C)C)C(O)C(=O)NC1CC1. The Balaban J connectivity index is 1.35. The van der Waals surface area contributed by atoms with Crippen LogP contribution in [0.2, 0.25) is 0 Å². The van der Waals surface area contributed by atoms with E-state index in [1.807, 2.05) is 6.92 Å². The number of carbonyl (C=O) groups is 6. The molecule has 2 aromatic rings. The van der Waals surface area contributed by atoms with Gasteiger partial charge in [-0.25, -0.2) is 4.98 Å². The first-order valence-electron chi connectivity index (χ1n) is 19.6. The van der Waals surface area contributed by atoms with Gasteiger partial charge >= 0.3 is 0 Å². The molecule has 3 fully saturated rings. The molecule has 2 saturated carbocycles. The van der Waals surface area contributed by atoms with Crippen LogP contribution in [0.4, 0.5) is 0 Å². The van der Waals surface area contributed by atoms with Crippen LogP contribution in [-0.2, 0) is 19.2 Å². The van der Waals surface area contributed by atoms with Crippen molar-refractivity contribution in [3.8, 4) is 0 Å². The lowest BCUT2D eigenvalue weighted by Gasteiger charge is -2.35. The summed E-state index contributed by atoms with van der Waals surface area (Å²) in [5.74, 6) is -4.11. The van der Waals surface area contributed by atoms with Gasteiger partial charge in [0.25, 0.3) is 17.7 Å². The fraction of sp³-hybridized carbons (Fsp3) is 0.600. The maximum Gasteiger partial charge on any atom is 0.272 e. The number of carbonyl (C=O) groups excluding carboxylic acids is 6. The van der Waals surface area contributed by atoms with Gasteiger partial charge in [0.2, 0.25) is 17.7 Å². The summed E-state index contributed by atoms with van der Waals surface area (Å²) in [6.07, 6.45) is 9.58. The van der Waals surface area contributed by atoms with E-state index < -0.39 is 71.1 Å². The van der Waals surface area contributed by atoms with E-state index in [0.717, 1.165) is 44.9 Å². The number of amides is 6. The first kappa shape index (κ1) is 41.2. The molecule has 4 unspecified atom stereocenters. The Kier molecular flexibility index (Phi) is 14.0. The van der Waals surface area contributed by atoms with Crippen molar-refractivity contribution in [1.82, 2.24) is 41.5 Å². The van der Waals surface area contributed by atoms with Crippen LogP contribution in [0.3, 0.4) is 0 Å². The molecule has 1 aliphatic heterocycles. The van der Waals surface area contributed by atoms with Crippen molar-refractivity contribution >= 4 is 35.4 Å². The molecule has 298 valence electrons. The Morgan fingerprint density at radius 1 is 0.855 bits per heavy atom. The van der Waals surface area contributed by atoms with Crippen molar-refractivity contribution in [3.05, 3.63) is 60.2 Å². The van der Waals surface area contributed by atoms with E-state index in [1.165, 1.54) is 23.5 Å². The van der Waals surface area contributed by atoms with Crippen molar-refractivity contribution in [3.63, 3.8) is 0 Å². The van der Waals surface area contributed by atoms with E-state index in [4.69, 9.17) is 0 Å². The number of hydrogen-bond acceptors (Lipinski definition) is 9. The molecule has 1 aromatic heterocycles. The molecule has 1 aromatic carbocycles. The number of benzene rings is 1. The topological polar surface area (TPSA) is 212 Å². The Bertz CT molecular complexity index is 1660.